The van der Waals surface area contributed by atoms with Gasteiger partial charge in [0.05, 0.1) is 0 Å². The van der Waals surface area contributed by atoms with Crippen LogP contribution in [0.2, 0.25) is 0 Å². The molecule has 0 aromatic heterocycles. The zero-order valence-corrected chi connectivity index (χ0v) is 10.2. The van der Waals surface area contributed by atoms with E-state index in [9.17, 15) is 0 Å². The van der Waals surface area contributed by atoms with Crippen molar-refractivity contribution < 1.29 is 0 Å². The Morgan fingerprint density at radius 3 is 2.71 bits per heavy atom. The SMILES string of the molecule is CSCCN(C)c1ccccc1CCl. The Morgan fingerprint density at radius 2 is 2.07 bits per heavy atom. The largest absolute Gasteiger partial charge is 0.374 e. The molecule has 0 fully saturated rings. The summed E-state index contributed by atoms with van der Waals surface area (Å²) in [5.74, 6) is 1.73. The molecule has 0 aliphatic carbocycles. The second-order valence-electron chi connectivity index (χ2n) is 3.18. The zero-order valence-electron chi connectivity index (χ0n) is 8.66. The molecule has 0 bridgehead atoms. The Balaban J connectivity index is 2.72. The van der Waals surface area contributed by atoms with Gasteiger partial charge in [0.1, 0.15) is 0 Å². The van der Waals surface area contributed by atoms with Gasteiger partial charge in [0.2, 0.25) is 0 Å². The van der Waals surface area contributed by atoms with Crippen molar-refractivity contribution in [2.24, 2.45) is 0 Å². The second kappa shape index (κ2) is 6.20. The fraction of sp³-hybridized carbons (Fsp3) is 0.455. The topological polar surface area (TPSA) is 3.24 Å². The molecular formula is C11H16ClNS. The van der Waals surface area contributed by atoms with Crippen LogP contribution in [0.15, 0.2) is 24.3 Å². The van der Waals surface area contributed by atoms with Gasteiger partial charge in [-0.15, -0.1) is 11.6 Å². The molecule has 1 rings (SSSR count). The molecule has 1 nitrogen and oxygen atoms in total. The first-order valence-corrected chi connectivity index (χ1v) is 6.56. The average molecular weight is 230 g/mol. The van der Waals surface area contributed by atoms with Gasteiger partial charge < -0.3 is 4.90 Å². The molecule has 1 aromatic rings. The number of nitrogens with zero attached hydrogens (tertiary/aromatic N) is 1. The minimum Gasteiger partial charge on any atom is -0.374 e. The molecule has 0 unspecified atom stereocenters. The lowest BCUT2D eigenvalue weighted by atomic mass is 10.2. The quantitative estimate of drug-likeness (QED) is 0.714. The number of halogens is 1. The highest BCUT2D eigenvalue weighted by molar-refractivity contribution is 7.98. The first-order chi connectivity index (χ1) is 6.79. The number of anilines is 1. The molecule has 0 aliphatic rings. The average Bonchev–Trinajstić information content (AvgIpc) is 2.25. The maximum Gasteiger partial charge on any atom is 0.0494 e. The van der Waals surface area contributed by atoms with Crippen LogP contribution in [-0.4, -0.2) is 25.6 Å². The zero-order chi connectivity index (χ0) is 10.4. The maximum absolute atomic E-state index is 5.88. The van der Waals surface area contributed by atoms with Gasteiger partial charge in [-0.2, -0.15) is 11.8 Å². The molecule has 78 valence electrons. The molecule has 3 heteroatoms. The molecule has 0 heterocycles. The van der Waals surface area contributed by atoms with Crippen LogP contribution in [0, 0.1) is 0 Å². The van der Waals surface area contributed by atoms with Gasteiger partial charge >= 0.3 is 0 Å². The molecule has 0 amide bonds. The highest BCUT2D eigenvalue weighted by atomic mass is 35.5. The summed E-state index contributed by atoms with van der Waals surface area (Å²) in [7, 11) is 2.11. The van der Waals surface area contributed by atoms with Crippen LogP contribution in [0.3, 0.4) is 0 Å². The van der Waals surface area contributed by atoms with Crippen LogP contribution in [0.5, 0.6) is 0 Å². The Bertz CT molecular complexity index is 278. The monoisotopic (exact) mass is 229 g/mol. The van der Waals surface area contributed by atoms with Crippen molar-refractivity contribution in [2.45, 2.75) is 5.88 Å². The lowest BCUT2D eigenvalue weighted by molar-refractivity contribution is 0.969. The van der Waals surface area contributed by atoms with E-state index in [0.717, 1.165) is 12.3 Å². The predicted octanol–water partition coefficient (Wildman–Crippen LogP) is 3.22. The first kappa shape index (κ1) is 11.7. The van der Waals surface area contributed by atoms with Crippen molar-refractivity contribution in [3.05, 3.63) is 29.8 Å². The summed E-state index contributed by atoms with van der Waals surface area (Å²) in [5, 5.41) is 0. The van der Waals surface area contributed by atoms with E-state index in [1.807, 2.05) is 17.8 Å². The molecule has 0 saturated carbocycles. The summed E-state index contributed by atoms with van der Waals surface area (Å²) in [6.07, 6.45) is 2.13. The fourth-order valence-corrected chi connectivity index (χ4v) is 2.03. The van der Waals surface area contributed by atoms with Gasteiger partial charge in [0.15, 0.2) is 0 Å². The van der Waals surface area contributed by atoms with E-state index in [-0.39, 0.29) is 0 Å². The highest BCUT2D eigenvalue weighted by Crippen LogP contribution is 2.20. The Kier molecular flexibility index (Phi) is 5.20. The molecule has 0 spiro atoms. The second-order valence-corrected chi connectivity index (χ2v) is 4.43. The Morgan fingerprint density at radius 1 is 1.36 bits per heavy atom. The van der Waals surface area contributed by atoms with Crippen LogP contribution in [0.4, 0.5) is 5.69 Å². The normalized spacial score (nSPS) is 10.2. The lowest BCUT2D eigenvalue weighted by Crippen LogP contribution is -2.21. The van der Waals surface area contributed by atoms with E-state index in [1.54, 1.807) is 0 Å². The molecule has 0 aliphatic heterocycles. The summed E-state index contributed by atoms with van der Waals surface area (Å²) in [4.78, 5) is 2.26. The summed E-state index contributed by atoms with van der Waals surface area (Å²) in [5.41, 5.74) is 2.45. The molecular weight excluding hydrogens is 214 g/mol. The van der Waals surface area contributed by atoms with E-state index in [4.69, 9.17) is 11.6 Å². The van der Waals surface area contributed by atoms with Gasteiger partial charge in [-0.3, -0.25) is 0 Å². The maximum atomic E-state index is 5.88. The number of hydrogen-bond acceptors (Lipinski definition) is 2. The van der Waals surface area contributed by atoms with Gasteiger partial charge in [-0.1, -0.05) is 18.2 Å². The van der Waals surface area contributed by atoms with Crippen molar-refractivity contribution >= 4 is 29.1 Å². The van der Waals surface area contributed by atoms with Crippen molar-refractivity contribution in [3.63, 3.8) is 0 Å². The molecule has 0 N–H and O–H groups in total. The van der Waals surface area contributed by atoms with Gasteiger partial charge in [0, 0.05) is 30.9 Å². The van der Waals surface area contributed by atoms with E-state index in [0.29, 0.717) is 5.88 Å². The van der Waals surface area contributed by atoms with Crippen LogP contribution < -0.4 is 4.90 Å². The van der Waals surface area contributed by atoms with Crippen molar-refractivity contribution in [3.8, 4) is 0 Å². The number of para-hydroxylation sites is 1. The van der Waals surface area contributed by atoms with Crippen LogP contribution >= 0.6 is 23.4 Å². The van der Waals surface area contributed by atoms with Crippen LogP contribution in [-0.2, 0) is 5.88 Å². The van der Waals surface area contributed by atoms with Crippen LogP contribution in [0.25, 0.3) is 0 Å². The lowest BCUT2D eigenvalue weighted by Gasteiger charge is -2.21. The number of hydrogen-bond donors (Lipinski definition) is 0. The fourth-order valence-electron chi connectivity index (χ4n) is 1.34. The van der Waals surface area contributed by atoms with Crippen molar-refractivity contribution in [1.29, 1.82) is 0 Å². The Hall–Kier alpha value is -0.340. The number of benzene rings is 1. The number of rotatable bonds is 5. The molecule has 14 heavy (non-hydrogen) atoms. The summed E-state index contributed by atoms with van der Waals surface area (Å²) < 4.78 is 0. The van der Waals surface area contributed by atoms with E-state index in [2.05, 4.69) is 36.4 Å². The predicted molar refractivity (Wildman–Crippen MR) is 67.7 cm³/mol. The summed E-state index contributed by atoms with van der Waals surface area (Å²) in [6.45, 7) is 1.06. The first-order valence-electron chi connectivity index (χ1n) is 4.63. The van der Waals surface area contributed by atoms with Crippen molar-refractivity contribution in [2.75, 3.05) is 30.5 Å². The van der Waals surface area contributed by atoms with Crippen LogP contribution in [0.1, 0.15) is 5.56 Å². The third-order valence-corrected chi connectivity index (χ3v) is 3.06. The molecule has 0 radical (unpaired) electrons. The summed E-state index contributed by atoms with van der Waals surface area (Å²) >= 11 is 7.74. The minimum atomic E-state index is 0.583. The van der Waals surface area contributed by atoms with E-state index in [1.165, 1.54) is 11.3 Å². The Labute approximate surface area is 95.4 Å². The highest BCUT2D eigenvalue weighted by Gasteiger charge is 2.04. The summed E-state index contributed by atoms with van der Waals surface area (Å²) in [6, 6.07) is 8.29. The minimum absolute atomic E-state index is 0.583. The van der Waals surface area contributed by atoms with Gasteiger partial charge in [-0.05, 0) is 17.9 Å². The van der Waals surface area contributed by atoms with E-state index < -0.39 is 0 Å². The molecule has 1 aromatic carbocycles. The molecule has 0 saturated heterocycles. The third kappa shape index (κ3) is 3.10. The number of thioether (sulfide) groups is 1. The standard InChI is InChI=1S/C11H16ClNS/c1-13(7-8-14-2)11-6-4-3-5-10(11)9-12/h3-6H,7-9H2,1-2H3. The van der Waals surface area contributed by atoms with Crippen molar-refractivity contribution in [1.82, 2.24) is 0 Å². The molecule has 0 atom stereocenters. The van der Waals surface area contributed by atoms with E-state index >= 15 is 0 Å². The van der Waals surface area contributed by atoms with Gasteiger partial charge in [0.25, 0.3) is 0 Å². The van der Waals surface area contributed by atoms with Gasteiger partial charge in [-0.25, -0.2) is 0 Å². The smallest absolute Gasteiger partial charge is 0.0494 e. The number of alkyl halides is 1. The third-order valence-electron chi connectivity index (χ3n) is 2.18.